The number of Topliss-reactive ketones (excluding diaryl/α,β-unsaturated/α-hetero) is 1. The van der Waals surface area contributed by atoms with Gasteiger partial charge in [-0.15, -0.1) is 0 Å². The summed E-state index contributed by atoms with van der Waals surface area (Å²) in [4.78, 5) is 16.7. The first kappa shape index (κ1) is 22.0. The smallest absolute Gasteiger partial charge is 0.226 e. The fourth-order valence-electron chi connectivity index (χ4n) is 3.28. The van der Waals surface area contributed by atoms with Gasteiger partial charge in [-0.2, -0.15) is 0 Å². The first-order chi connectivity index (χ1) is 14.2. The van der Waals surface area contributed by atoms with Gasteiger partial charge < -0.3 is 4.42 Å². The van der Waals surface area contributed by atoms with Gasteiger partial charge in [0.05, 0.1) is 11.4 Å². The Labute approximate surface area is 178 Å². The Bertz CT molecular complexity index is 1100. The fraction of sp³-hybridized carbons (Fsp3) is 0.333. The Morgan fingerprint density at radius 3 is 2.37 bits per heavy atom. The molecule has 3 rings (SSSR count). The van der Waals surface area contributed by atoms with Gasteiger partial charge in [-0.05, 0) is 43.9 Å². The Morgan fingerprint density at radius 1 is 1.03 bits per heavy atom. The van der Waals surface area contributed by atoms with Crippen LogP contribution in [0, 0.1) is 13.8 Å². The van der Waals surface area contributed by atoms with Crippen LogP contribution < -0.4 is 0 Å². The summed E-state index contributed by atoms with van der Waals surface area (Å²) < 4.78 is 30.8. The molecule has 0 aliphatic rings. The van der Waals surface area contributed by atoms with Gasteiger partial charge in [-0.25, -0.2) is 13.4 Å². The molecule has 0 radical (unpaired) electrons. The van der Waals surface area contributed by atoms with Crippen molar-refractivity contribution in [2.45, 2.75) is 45.3 Å². The third-order valence-corrected chi connectivity index (χ3v) is 6.63. The minimum atomic E-state index is -3.62. The van der Waals surface area contributed by atoms with Crippen molar-refractivity contribution in [1.29, 1.82) is 0 Å². The highest BCUT2D eigenvalue weighted by molar-refractivity contribution is 7.91. The Morgan fingerprint density at radius 2 is 1.70 bits per heavy atom. The number of hydrogen-bond donors (Lipinski definition) is 0. The van der Waals surface area contributed by atoms with E-state index in [0.717, 1.165) is 16.7 Å². The SMILES string of the molecule is Cc1ccc(-c2nc(CS(=O)(=O)CC(=O)CCC(C)c3ccccc3)c(C)o2)cc1. The molecule has 0 fully saturated rings. The van der Waals surface area contributed by atoms with E-state index in [1.165, 1.54) is 0 Å². The van der Waals surface area contributed by atoms with Crippen LogP contribution in [0.4, 0.5) is 0 Å². The molecule has 30 heavy (non-hydrogen) atoms. The third-order valence-electron chi connectivity index (χ3n) is 5.15. The lowest BCUT2D eigenvalue weighted by Crippen LogP contribution is -2.18. The molecular formula is C24H27NO4S. The molecule has 6 heteroatoms. The number of sulfone groups is 1. The molecule has 1 heterocycles. The van der Waals surface area contributed by atoms with Crippen molar-refractivity contribution in [2.75, 3.05) is 5.75 Å². The Kier molecular flexibility index (Phi) is 6.87. The van der Waals surface area contributed by atoms with Gasteiger partial charge >= 0.3 is 0 Å². The molecule has 158 valence electrons. The summed E-state index contributed by atoms with van der Waals surface area (Å²) in [6.07, 6.45) is 0.862. The van der Waals surface area contributed by atoms with Gasteiger partial charge in [-0.1, -0.05) is 55.0 Å². The predicted molar refractivity (Wildman–Crippen MR) is 118 cm³/mol. The number of carbonyl (C=O) groups is 1. The van der Waals surface area contributed by atoms with E-state index in [4.69, 9.17) is 4.42 Å². The van der Waals surface area contributed by atoms with E-state index in [2.05, 4.69) is 4.98 Å². The predicted octanol–water partition coefficient (Wildman–Crippen LogP) is 5.03. The van der Waals surface area contributed by atoms with Gasteiger partial charge in [-0.3, -0.25) is 4.79 Å². The largest absolute Gasteiger partial charge is 0.441 e. The highest BCUT2D eigenvalue weighted by atomic mass is 32.2. The van der Waals surface area contributed by atoms with Crippen LogP contribution in [0.15, 0.2) is 59.0 Å². The van der Waals surface area contributed by atoms with Crippen molar-refractivity contribution >= 4 is 15.6 Å². The zero-order chi connectivity index (χ0) is 21.7. The second-order valence-corrected chi connectivity index (χ2v) is 9.87. The molecule has 1 unspecified atom stereocenters. The van der Waals surface area contributed by atoms with Crippen LogP contribution >= 0.6 is 0 Å². The lowest BCUT2D eigenvalue weighted by Gasteiger charge is -2.11. The maximum Gasteiger partial charge on any atom is 0.226 e. The monoisotopic (exact) mass is 425 g/mol. The second-order valence-electron chi connectivity index (χ2n) is 7.81. The average Bonchev–Trinajstić information content (AvgIpc) is 3.06. The number of ketones is 1. The quantitative estimate of drug-likeness (QED) is 0.481. The minimum absolute atomic E-state index is 0.202. The molecule has 0 amide bonds. The minimum Gasteiger partial charge on any atom is -0.441 e. The molecule has 3 aromatic rings. The molecule has 1 atom stereocenters. The number of nitrogens with zero attached hydrogens (tertiary/aromatic N) is 1. The summed E-state index contributed by atoms with van der Waals surface area (Å²) in [5.41, 5.74) is 3.41. The highest BCUT2D eigenvalue weighted by Gasteiger charge is 2.22. The van der Waals surface area contributed by atoms with Crippen LogP contribution in [-0.4, -0.2) is 24.9 Å². The number of rotatable bonds is 9. The molecule has 1 aromatic heterocycles. The molecule has 0 bridgehead atoms. The van der Waals surface area contributed by atoms with E-state index in [9.17, 15) is 13.2 Å². The number of aryl methyl sites for hydroxylation is 2. The number of oxazole rings is 1. The molecule has 0 spiro atoms. The van der Waals surface area contributed by atoms with Gasteiger partial charge in [0, 0.05) is 12.0 Å². The number of aromatic nitrogens is 1. The standard InChI is InChI=1S/C24H27NO4S/c1-17-9-12-21(13-10-17)24-25-23(19(3)29-24)16-30(27,28)15-22(26)14-11-18(2)20-7-5-4-6-8-20/h4-10,12-13,18H,11,14-16H2,1-3H3. The lowest BCUT2D eigenvalue weighted by molar-refractivity contribution is -0.116. The van der Waals surface area contributed by atoms with Crippen molar-refractivity contribution in [3.63, 3.8) is 0 Å². The molecule has 0 aliphatic carbocycles. The maximum absolute atomic E-state index is 12.6. The summed E-state index contributed by atoms with van der Waals surface area (Å²) in [7, 11) is -3.62. The fourth-order valence-corrected chi connectivity index (χ4v) is 4.71. The normalized spacial score (nSPS) is 12.6. The van der Waals surface area contributed by atoms with Gasteiger partial charge in [0.2, 0.25) is 5.89 Å². The van der Waals surface area contributed by atoms with Crippen molar-refractivity contribution < 1.29 is 17.6 Å². The zero-order valence-electron chi connectivity index (χ0n) is 17.6. The second kappa shape index (κ2) is 9.39. The Hall–Kier alpha value is -2.73. The van der Waals surface area contributed by atoms with Crippen molar-refractivity contribution in [3.05, 3.63) is 77.2 Å². The molecule has 5 nitrogen and oxygen atoms in total. The van der Waals surface area contributed by atoms with Crippen LogP contribution in [0.5, 0.6) is 0 Å². The van der Waals surface area contributed by atoms with E-state index in [-0.39, 0.29) is 23.9 Å². The summed E-state index contributed by atoms with van der Waals surface area (Å²) in [6.45, 7) is 5.72. The van der Waals surface area contributed by atoms with E-state index in [0.29, 0.717) is 23.8 Å². The van der Waals surface area contributed by atoms with Crippen LogP contribution in [-0.2, 0) is 20.4 Å². The van der Waals surface area contributed by atoms with Gasteiger partial charge in [0.15, 0.2) is 9.84 Å². The van der Waals surface area contributed by atoms with Crippen LogP contribution in [0.3, 0.4) is 0 Å². The highest BCUT2D eigenvalue weighted by Crippen LogP contribution is 2.24. The van der Waals surface area contributed by atoms with E-state index < -0.39 is 15.6 Å². The zero-order valence-corrected chi connectivity index (χ0v) is 18.4. The Balaban J connectivity index is 1.59. The third kappa shape index (κ3) is 5.89. The number of benzene rings is 2. The van der Waals surface area contributed by atoms with Crippen LogP contribution in [0.1, 0.15) is 48.3 Å². The lowest BCUT2D eigenvalue weighted by atomic mass is 9.95. The van der Waals surface area contributed by atoms with Gasteiger partial charge in [0.1, 0.15) is 17.3 Å². The molecule has 0 aliphatic heterocycles. The molecule has 0 saturated heterocycles. The molecular weight excluding hydrogens is 398 g/mol. The summed E-state index contributed by atoms with van der Waals surface area (Å²) >= 11 is 0. The van der Waals surface area contributed by atoms with E-state index in [1.807, 2.05) is 68.4 Å². The topological polar surface area (TPSA) is 77.2 Å². The van der Waals surface area contributed by atoms with Crippen LogP contribution in [0.2, 0.25) is 0 Å². The first-order valence-electron chi connectivity index (χ1n) is 10.0. The summed E-state index contributed by atoms with van der Waals surface area (Å²) in [6, 6.07) is 17.6. The molecule has 0 N–H and O–H groups in total. The first-order valence-corrected chi connectivity index (χ1v) is 11.9. The van der Waals surface area contributed by atoms with Crippen LogP contribution in [0.25, 0.3) is 11.5 Å². The van der Waals surface area contributed by atoms with Crippen molar-refractivity contribution in [2.24, 2.45) is 0 Å². The maximum atomic E-state index is 12.6. The van der Waals surface area contributed by atoms with Gasteiger partial charge in [0.25, 0.3) is 0 Å². The summed E-state index contributed by atoms with van der Waals surface area (Å²) in [5.74, 6) is 0.0138. The average molecular weight is 426 g/mol. The van der Waals surface area contributed by atoms with Crippen molar-refractivity contribution in [3.8, 4) is 11.5 Å². The van der Waals surface area contributed by atoms with E-state index >= 15 is 0 Å². The van der Waals surface area contributed by atoms with Crippen molar-refractivity contribution in [1.82, 2.24) is 4.98 Å². The summed E-state index contributed by atoms with van der Waals surface area (Å²) in [5, 5.41) is 0. The van der Waals surface area contributed by atoms with E-state index in [1.54, 1.807) is 6.92 Å². The molecule has 0 saturated carbocycles. The molecule has 2 aromatic carbocycles. The number of hydrogen-bond acceptors (Lipinski definition) is 5. The number of carbonyl (C=O) groups excluding carboxylic acids is 1.